The van der Waals surface area contributed by atoms with Crippen molar-refractivity contribution in [3.63, 3.8) is 0 Å². The smallest absolute Gasteiger partial charge is 0.160 e. The Hall–Kier alpha value is -8.92. The van der Waals surface area contributed by atoms with Crippen LogP contribution in [0.1, 0.15) is 5.56 Å². The molecule has 6 heteroatoms. The Labute approximate surface area is 369 Å². The van der Waals surface area contributed by atoms with Gasteiger partial charge in [-0.25, -0.2) is 9.97 Å². The van der Waals surface area contributed by atoms with Gasteiger partial charge in [0, 0.05) is 61.9 Å². The first-order valence-corrected chi connectivity index (χ1v) is 21.3. The van der Waals surface area contributed by atoms with E-state index in [1.54, 1.807) is 12.4 Å². The van der Waals surface area contributed by atoms with Crippen molar-refractivity contribution in [3.05, 3.63) is 224 Å². The molecule has 64 heavy (non-hydrogen) atoms. The van der Waals surface area contributed by atoms with Gasteiger partial charge < -0.3 is 9.13 Å². The monoisotopic (exact) mass is 816 g/mol. The zero-order chi connectivity index (χ0) is 42.6. The van der Waals surface area contributed by atoms with E-state index in [0.29, 0.717) is 11.4 Å². The first-order chi connectivity index (χ1) is 31.7. The highest BCUT2D eigenvalue weighted by atomic mass is 15.0. The number of hydrogen-bond donors (Lipinski definition) is 0. The van der Waals surface area contributed by atoms with E-state index >= 15 is 0 Å². The third-order valence-electron chi connectivity index (χ3n) is 12.2. The SMILES string of the molecule is N#Cc1ccc(-n2c3ccccc3c3cc(-c4cc(-c5nc(-c6ccccc6)cc(-c6ccccc6)n5)cc(-n5c6ccccc6c6ccccc65)c4)ccc32)c(-c2ccncc2)c1. The number of rotatable bonds is 7. The van der Waals surface area contributed by atoms with Gasteiger partial charge in [-0.2, -0.15) is 5.26 Å². The first kappa shape index (κ1) is 36.9. The Morgan fingerprint density at radius 2 is 0.922 bits per heavy atom. The summed E-state index contributed by atoms with van der Waals surface area (Å²) < 4.78 is 4.69. The second kappa shape index (κ2) is 15.2. The third kappa shape index (κ3) is 6.22. The average molecular weight is 817 g/mol. The third-order valence-corrected chi connectivity index (χ3v) is 12.2. The van der Waals surface area contributed by atoms with Crippen LogP contribution in [0, 0.1) is 11.3 Å². The van der Waals surface area contributed by atoms with E-state index < -0.39 is 0 Å². The van der Waals surface area contributed by atoms with Crippen LogP contribution in [0.25, 0.3) is 111 Å². The number of nitrogens with zero attached hydrogens (tertiary/aromatic N) is 6. The highest BCUT2D eigenvalue weighted by Gasteiger charge is 2.20. The van der Waals surface area contributed by atoms with Crippen LogP contribution in [-0.4, -0.2) is 24.1 Å². The zero-order valence-electron chi connectivity index (χ0n) is 34.5. The molecule has 298 valence electrons. The molecule has 4 heterocycles. The number of fused-ring (bicyclic) bond motifs is 6. The molecule has 0 N–H and O–H groups in total. The minimum atomic E-state index is 0.603. The molecule has 4 aromatic heterocycles. The Morgan fingerprint density at radius 3 is 1.55 bits per heavy atom. The topological polar surface area (TPSA) is 72.3 Å². The molecule has 0 spiro atoms. The van der Waals surface area contributed by atoms with E-state index in [1.165, 1.54) is 10.8 Å². The number of para-hydroxylation sites is 3. The normalized spacial score (nSPS) is 11.4. The van der Waals surface area contributed by atoms with Crippen molar-refractivity contribution in [1.82, 2.24) is 24.1 Å². The number of nitriles is 1. The molecule has 12 aromatic rings. The fourth-order valence-electron chi connectivity index (χ4n) is 9.30. The van der Waals surface area contributed by atoms with Gasteiger partial charge in [-0.1, -0.05) is 121 Å². The van der Waals surface area contributed by atoms with Crippen molar-refractivity contribution in [2.75, 3.05) is 0 Å². The van der Waals surface area contributed by atoms with Gasteiger partial charge in [0.05, 0.1) is 50.8 Å². The van der Waals surface area contributed by atoms with Gasteiger partial charge in [-0.3, -0.25) is 4.98 Å². The predicted octanol–water partition coefficient (Wildman–Crippen LogP) is 14.3. The van der Waals surface area contributed by atoms with Gasteiger partial charge in [-0.15, -0.1) is 0 Å². The summed E-state index contributed by atoms with van der Waals surface area (Å²) in [4.78, 5) is 14.9. The number of pyridine rings is 1. The predicted molar refractivity (Wildman–Crippen MR) is 260 cm³/mol. The molecule has 12 rings (SSSR count). The Kier molecular flexibility index (Phi) is 8.77. The minimum absolute atomic E-state index is 0.603. The fourth-order valence-corrected chi connectivity index (χ4v) is 9.30. The maximum atomic E-state index is 9.94. The van der Waals surface area contributed by atoms with Crippen LogP contribution in [0.2, 0.25) is 0 Å². The number of benzene rings is 8. The maximum absolute atomic E-state index is 9.94. The van der Waals surface area contributed by atoms with E-state index in [0.717, 1.165) is 94.5 Å². The Bertz CT molecular complexity index is 3680. The van der Waals surface area contributed by atoms with E-state index in [1.807, 2.05) is 36.4 Å². The van der Waals surface area contributed by atoms with Crippen molar-refractivity contribution in [1.29, 1.82) is 5.26 Å². The summed E-state index contributed by atoms with van der Waals surface area (Å²) in [6.07, 6.45) is 3.59. The summed E-state index contributed by atoms with van der Waals surface area (Å²) in [5.74, 6) is 0.645. The summed E-state index contributed by atoms with van der Waals surface area (Å²) in [5, 5.41) is 14.6. The fraction of sp³-hybridized carbons (Fsp3) is 0. The average Bonchev–Trinajstić information content (AvgIpc) is 3.89. The van der Waals surface area contributed by atoms with Crippen molar-refractivity contribution >= 4 is 43.6 Å². The van der Waals surface area contributed by atoms with Crippen LogP contribution in [0.4, 0.5) is 0 Å². The lowest BCUT2D eigenvalue weighted by Crippen LogP contribution is -1.99. The molecule has 0 saturated carbocycles. The summed E-state index contributed by atoms with van der Waals surface area (Å²) in [6.45, 7) is 0. The van der Waals surface area contributed by atoms with Crippen molar-refractivity contribution in [3.8, 4) is 73.6 Å². The van der Waals surface area contributed by atoms with Crippen molar-refractivity contribution < 1.29 is 0 Å². The highest BCUT2D eigenvalue weighted by Crippen LogP contribution is 2.41. The molecule has 0 aliphatic heterocycles. The van der Waals surface area contributed by atoms with Crippen LogP contribution in [0.15, 0.2) is 219 Å². The maximum Gasteiger partial charge on any atom is 0.160 e. The van der Waals surface area contributed by atoms with Crippen molar-refractivity contribution in [2.24, 2.45) is 0 Å². The molecule has 0 fully saturated rings. The van der Waals surface area contributed by atoms with Crippen LogP contribution < -0.4 is 0 Å². The Morgan fingerprint density at radius 1 is 0.375 bits per heavy atom. The van der Waals surface area contributed by atoms with E-state index in [2.05, 4.69) is 190 Å². The molecule has 0 radical (unpaired) electrons. The summed E-state index contributed by atoms with van der Waals surface area (Å²) in [6, 6.07) is 74.4. The second-order valence-electron chi connectivity index (χ2n) is 16.0. The standard InChI is InChI=1S/C58H36N6/c59-37-38-23-25-56(49(31-38)39-27-29-60-30-28-39)64-55-22-12-9-19-48(55)50-35-42(24-26-57(50)64)43-32-44(34-45(33-43)63-53-20-10-7-17-46(53)47-18-8-11-21-54(47)63)58-61-51(40-13-3-1-4-14-40)36-52(62-58)41-15-5-2-6-16-41/h1-36H. The molecule has 0 amide bonds. The van der Waals surface area contributed by atoms with Crippen LogP contribution in [0.5, 0.6) is 0 Å². The molecule has 0 saturated heterocycles. The van der Waals surface area contributed by atoms with E-state index in [9.17, 15) is 5.26 Å². The molecule has 0 unspecified atom stereocenters. The van der Waals surface area contributed by atoms with E-state index in [4.69, 9.17) is 9.97 Å². The second-order valence-corrected chi connectivity index (χ2v) is 16.0. The number of hydrogen-bond acceptors (Lipinski definition) is 4. The van der Waals surface area contributed by atoms with Gasteiger partial charge in [0.2, 0.25) is 0 Å². The van der Waals surface area contributed by atoms with Gasteiger partial charge in [0.25, 0.3) is 0 Å². The molecule has 0 aliphatic carbocycles. The summed E-state index contributed by atoms with van der Waals surface area (Å²) in [5.41, 5.74) is 15.7. The lowest BCUT2D eigenvalue weighted by molar-refractivity contribution is 1.16. The van der Waals surface area contributed by atoms with Gasteiger partial charge in [0.1, 0.15) is 0 Å². The van der Waals surface area contributed by atoms with Crippen LogP contribution in [-0.2, 0) is 0 Å². The summed E-state index contributed by atoms with van der Waals surface area (Å²) >= 11 is 0. The first-order valence-electron chi connectivity index (χ1n) is 21.3. The molecule has 8 aromatic carbocycles. The van der Waals surface area contributed by atoms with E-state index in [-0.39, 0.29) is 0 Å². The molecule has 6 nitrogen and oxygen atoms in total. The highest BCUT2D eigenvalue weighted by molar-refractivity contribution is 6.12. The largest absolute Gasteiger partial charge is 0.309 e. The summed E-state index contributed by atoms with van der Waals surface area (Å²) in [7, 11) is 0. The molecular formula is C58H36N6. The van der Waals surface area contributed by atoms with Crippen LogP contribution in [0.3, 0.4) is 0 Å². The minimum Gasteiger partial charge on any atom is -0.309 e. The molecule has 0 atom stereocenters. The quantitative estimate of drug-likeness (QED) is 0.161. The van der Waals surface area contributed by atoms with Crippen LogP contribution >= 0.6 is 0 Å². The lowest BCUT2D eigenvalue weighted by Gasteiger charge is -2.16. The Balaban J connectivity index is 1.11. The number of aromatic nitrogens is 5. The van der Waals surface area contributed by atoms with Gasteiger partial charge in [-0.05, 0) is 102 Å². The van der Waals surface area contributed by atoms with Gasteiger partial charge >= 0.3 is 0 Å². The molecular weight excluding hydrogens is 781 g/mol. The molecule has 0 bridgehead atoms. The lowest BCUT2D eigenvalue weighted by atomic mass is 9.99. The molecule has 0 aliphatic rings. The van der Waals surface area contributed by atoms with Gasteiger partial charge in [0.15, 0.2) is 5.82 Å². The zero-order valence-corrected chi connectivity index (χ0v) is 34.5. The van der Waals surface area contributed by atoms with Crippen molar-refractivity contribution in [2.45, 2.75) is 0 Å².